The predicted octanol–water partition coefficient (Wildman–Crippen LogP) is 3.96. The van der Waals surface area contributed by atoms with E-state index in [2.05, 4.69) is 10.6 Å². The van der Waals surface area contributed by atoms with E-state index in [1.165, 1.54) is 16.7 Å². The smallest absolute Gasteiger partial charge is 0.334 e. The van der Waals surface area contributed by atoms with Crippen LogP contribution in [0.25, 0.3) is 0 Å². The lowest BCUT2D eigenvalue weighted by molar-refractivity contribution is -0.171. The standard InChI is InChI=1S/C18H16N2O4.C17H26N2O4.C15H18N2O4.C12H12N2O4.C11H10N2O4/c21-15-18(24,11-13-7-3-1-4-8-13)16(22)20(17(23)19-15)12-14-9-5-2-6-10-14;1-17(23)14(20)18(12-8-4-2-5-9-12)16(22)19(15(17)21)13-10-6-3-7-11-13;1-2-3-9-15(21)12(18)16-14(20)17(13(15)19)10-11-7-5-4-6-8-11;1-12(18)9(15)13-11(17)14(10(12)16)7-8-5-3-2-4-6-8;14-8-11(17,9(15)13-10(16)12-8)6-7-4-2-1-3-5-7/h1-10,24H,11-12H2,(H,19,21,23);12-13,23H,2-11H2,1H3;4-8,21H,2-3,9-10H2,1H3,(H,16,18,20);2-6,18H,7H2,1H3,(H,13,15,17);1-5,17H,6H2,(H2,12,13,14,15,16). The highest BCUT2D eigenvalue weighted by Crippen LogP contribution is 2.35. The number of nitrogens with zero attached hydrogens (tertiary/aromatic N) is 5. The van der Waals surface area contributed by atoms with E-state index in [9.17, 15) is 97.5 Å². The van der Waals surface area contributed by atoms with Gasteiger partial charge in [-0.05, 0) is 80.2 Å². The van der Waals surface area contributed by atoms with Gasteiger partial charge in [-0.2, -0.15) is 0 Å². The lowest BCUT2D eigenvalue weighted by Gasteiger charge is -2.46. The van der Waals surface area contributed by atoms with Gasteiger partial charge < -0.3 is 25.5 Å². The second kappa shape index (κ2) is 33.6. The molecule has 7 aliphatic rings. The van der Waals surface area contributed by atoms with Gasteiger partial charge in [0.15, 0.2) is 0 Å². The van der Waals surface area contributed by atoms with E-state index in [-0.39, 0.29) is 51.0 Å². The summed E-state index contributed by atoms with van der Waals surface area (Å²) < 4.78 is 0. The van der Waals surface area contributed by atoms with Gasteiger partial charge in [0.05, 0.1) is 19.6 Å². The Hall–Kier alpha value is -11.1. The highest BCUT2D eigenvalue weighted by molar-refractivity contribution is 6.24. The van der Waals surface area contributed by atoms with Gasteiger partial charge in [0.25, 0.3) is 59.1 Å². The van der Waals surface area contributed by atoms with E-state index in [1.54, 1.807) is 140 Å². The summed E-state index contributed by atoms with van der Waals surface area (Å²) >= 11 is 0. The zero-order valence-corrected chi connectivity index (χ0v) is 56.9. The third-order valence-corrected chi connectivity index (χ3v) is 18.3. The molecule has 5 heterocycles. The fourth-order valence-corrected chi connectivity index (χ4v) is 12.3. The van der Waals surface area contributed by atoms with E-state index in [0.29, 0.717) is 17.5 Å². The first kappa shape index (κ1) is 77.7. The first-order chi connectivity index (χ1) is 48.9. The first-order valence-electron chi connectivity index (χ1n) is 33.6. The van der Waals surface area contributed by atoms with Crippen molar-refractivity contribution in [2.75, 3.05) is 0 Å². The Bertz CT molecular complexity index is 3960. The van der Waals surface area contributed by atoms with Crippen LogP contribution in [0.2, 0.25) is 0 Å². The minimum atomic E-state index is -2.30. The molecule has 30 nitrogen and oxygen atoms in total. The second-order valence-corrected chi connectivity index (χ2v) is 26.0. The number of nitrogens with one attached hydrogen (secondary N) is 5. The molecule has 5 saturated heterocycles. The van der Waals surface area contributed by atoms with E-state index < -0.39 is 117 Å². The molecule has 0 radical (unpaired) electrons. The monoisotopic (exact) mass is 1420 g/mol. The third kappa shape index (κ3) is 18.0. The number of unbranched alkanes of at least 4 members (excludes halogenated alkanes) is 1. The summed E-state index contributed by atoms with van der Waals surface area (Å²) in [7, 11) is 0. The average molecular weight is 1420 g/mol. The Balaban J connectivity index is 0.000000164. The topological polar surface area (TPSA) is 434 Å². The van der Waals surface area contributed by atoms with Gasteiger partial charge in [0.1, 0.15) is 0 Å². The number of urea groups is 5. The third-order valence-electron chi connectivity index (χ3n) is 18.3. The van der Waals surface area contributed by atoms with Gasteiger partial charge in [-0.3, -0.25) is 99.0 Å². The number of hydrogen-bond donors (Lipinski definition) is 10. The van der Waals surface area contributed by atoms with E-state index >= 15 is 0 Å². The number of rotatable bonds is 15. The summed E-state index contributed by atoms with van der Waals surface area (Å²) in [5, 5.41) is 61.0. The van der Waals surface area contributed by atoms with Crippen molar-refractivity contribution in [1.82, 2.24) is 51.1 Å². The van der Waals surface area contributed by atoms with Crippen molar-refractivity contribution in [3.8, 4) is 0 Å². The maximum Gasteiger partial charge on any atom is 0.334 e. The van der Waals surface area contributed by atoms with Crippen LogP contribution in [-0.4, -0.2) is 179 Å². The summed E-state index contributed by atoms with van der Waals surface area (Å²) in [5.74, 6) is -9.11. The molecule has 103 heavy (non-hydrogen) atoms. The zero-order chi connectivity index (χ0) is 75.0. The number of amides is 20. The molecule has 5 aromatic carbocycles. The number of barbiturate groups is 5. The normalized spacial score (nSPS) is 22.9. The fourth-order valence-electron chi connectivity index (χ4n) is 12.3. The van der Waals surface area contributed by atoms with Crippen molar-refractivity contribution in [2.45, 2.75) is 177 Å². The molecular weight excluding hydrogens is 1340 g/mol. The van der Waals surface area contributed by atoms with Gasteiger partial charge in [0, 0.05) is 24.9 Å². The Labute approximate surface area is 591 Å². The van der Waals surface area contributed by atoms with Gasteiger partial charge in [-0.15, -0.1) is 0 Å². The van der Waals surface area contributed by atoms with Crippen LogP contribution in [0.1, 0.15) is 132 Å². The molecule has 0 aromatic heterocycles. The summed E-state index contributed by atoms with van der Waals surface area (Å²) in [5.41, 5.74) is -7.59. The largest absolute Gasteiger partial charge is 0.372 e. The number of imide groups is 10. The van der Waals surface area contributed by atoms with Gasteiger partial charge in [0.2, 0.25) is 28.0 Å². The van der Waals surface area contributed by atoms with Crippen molar-refractivity contribution in [3.05, 3.63) is 179 Å². The lowest BCUT2D eigenvalue weighted by atomic mass is 9.88. The second-order valence-electron chi connectivity index (χ2n) is 26.0. The quantitative estimate of drug-likeness (QED) is 0.0663. The maximum atomic E-state index is 12.9. The molecule has 544 valence electrons. The molecule has 7 fully saturated rings. The molecule has 3 unspecified atom stereocenters. The Morgan fingerprint density at radius 2 is 0.650 bits per heavy atom. The maximum absolute atomic E-state index is 12.9. The van der Waals surface area contributed by atoms with Crippen molar-refractivity contribution >= 4 is 89.2 Å². The van der Waals surface area contributed by atoms with E-state index in [4.69, 9.17) is 0 Å². The molecular formula is C73H82N10O20. The van der Waals surface area contributed by atoms with Crippen LogP contribution in [0.15, 0.2) is 152 Å². The predicted molar refractivity (Wildman–Crippen MR) is 362 cm³/mol. The SMILES string of the molecule is CC1(O)C(=O)N(C2CCCCC2)C(=O)N(C2CCCCC2)C1=O.CC1(O)C(=O)NC(=O)N(Cc2ccccc2)C1=O.CCCCC1(O)C(=O)NC(=O)N(Cc2ccccc2)C1=O.O=C1NC(=O)C(O)(Cc2ccccc2)C(=O)N1.O=C1NC(=O)C(O)(Cc2ccccc2)C(=O)N1Cc1ccccc1. The number of carbonyl (C=O) groups excluding carboxylic acids is 15. The highest BCUT2D eigenvalue weighted by Gasteiger charge is 2.58. The molecule has 2 saturated carbocycles. The molecule has 5 aliphatic heterocycles. The molecule has 3 atom stereocenters. The van der Waals surface area contributed by atoms with Crippen LogP contribution in [0.3, 0.4) is 0 Å². The Morgan fingerprint density at radius 3 is 1.01 bits per heavy atom. The van der Waals surface area contributed by atoms with Crippen LogP contribution in [0, 0.1) is 0 Å². The fraction of sp³-hybridized carbons (Fsp3) is 0.384. The molecule has 0 bridgehead atoms. The highest BCUT2D eigenvalue weighted by atomic mass is 16.4. The van der Waals surface area contributed by atoms with Crippen LogP contribution in [0.5, 0.6) is 0 Å². The van der Waals surface area contributed by atoms with Crippen molar-refractivity contribution in [3.63, 3.8) is 0 Å². The molecule has 10 N–H and O–H groups in total. The van der Waals surface area contributed by atoms with E-state index in [1.807, 2.05) is 35.0 Å². The van der Waals surface area contributed by atoms with E-state index in [0.717, 1.165) is 109 Å². The Morgan fingerprint density at radius 1 is 0.350 bits per heavy atom. The lowest BCUT2D eigenvalue weighted by Crippen LogP contribution is -2.71. The number of aliphatic hydroxyl groups is 5. The van der Waals surface area contributed by atoms with Crippen molar-refractivity contribution in [1.29, 1.82) is 0 Å². The van der Waals surface area contributed by atoms with Crippen molar-refractivity contribution < 1.29 is 97.5 Å². The number of carbonyl (C=O) groups is 15. The molecule has 12 rings (SSSR count). The molecule has 20 amide bonds. The number of benzene rings is 5. The van der Waals surface area contributed by atoms with Crippen LogP contribution in [0.4, 0.5) is 24.0 Å². The first-order valence-corrected chi connectivity index (χ1v) is 33.6. The van der Waals surface area contributed by atoms with Crippen molar-refractivity contribution in [2.24, 2.45) is 0 Å². The summed E-state index contributed by atoms with van der Waals surface area (Å²) in [6.45, 7) is 4.20. The van der Waals surface area contributed by atoms with Gasteiger partial charge in [-0.25, -0.2) is 24.0 Å². The minimum Gasteiger partial charge on any atom is -0.372 e. The van der Waals surface area contributed by atoms with Crippen LogP contribution >= 0.6 is 0 Å². The van der Waals surface area contributed by atoms with Gasteiger partial charge >= 0.3 is 30.2 Å². The summed E-state index contributed by atoms with van der Waals surface area (Å²) in [4.78, 5) is 184. The summed E-state index contributed by atoms with van der Waals surface area (Å²) in [6.07, 6.45) is 10.0. The molecule has 5 aromatic rings. The minimum absolute atomic E-state index is 0.00668. The molecule has 0 spiro atoms. The average Bonchev–Trinajstić information content (AvgIpc) is 0.750. The van der Waals surface area contributed by atoms with Gasteiger partial charge in [-0.1, -0.05) is 204 Å². The van der Waals surface area contributed by atoms with Crippen LogP contribution in [-0.2, 0) is 80.4 Å². The summed E-state index contributed by atoms with van der Waals surface area (Å²) in [6, 6.07) is 39.7. The van der Waals surface area contributed by atoms with Crippen LogP contribution < -0.4 is 26.6 Å². The molecule has 30 heteroatoms. The Kier molecular flexibility index (Phi) is 25.4. The zero-order valence-electron chi connectivity index (χ0n) is 56.9. The molecule has 2 aliphatic carbocycles. The number of hydrogen-bond acceptors (Lipinski definition) is 20.